The predicted octanol–water partition coefficient (Wildman–Crippen LogP) is 5.88. The van der Waals surface area contributed by atoms with Gasteiger partial charge in [-0.1, -0.05) is 34.8 Å². The van der Waals surface area contributed by atoms with E-state index in [-0.39, 0.29) is 4.90 Å². The number of nitrogens with zero attached hydrogens (tertiary/aromatic N) is 1. The number of anilines is 2. The van der Waals surface area contributed by atoms with Crippen molar-refractivity contribution < 1.29 is 17.9 Å². The van der Waals surface area contributed by atoms with Gasteiger partial charge in [0.2, 0.25) is 5.91 Å². The fraction of sp³-hybridized carbons (Fsp3) is 0.136. The molecule has 3 aromatic rings. The van der Waals surface area contributed by atoms with Crippen LogP contribution in [0.5, 0.6) is 5.75 Å². The van der Waals surface area contributed by atoms with Gasteiger partial charge in [0, 0.05) is 20.8 Å². The summed E-state index contributed by atoms with van der Waals surface area (Å²) in [7, 11) is -4.08. The topological polar surface area (TPSA) is 75.7 Å². The van der Waals surface area contributed by atoms with Crippen LogP contribution in [0.15, 0.2) is 71.6 Å². The SMILES string of the molecule is CCOc1ccc(N(CC(=O)Nc2cc(Cl)cc(Cl)c2)S(=O)(=O)c2ccc(Cl)cc2)cc1. The van der Waals surface area contributed by atoms with Gasteiger partial charge < -0.3 is 10.1 Å². The van der Waals surface area contributed by atoms with Crippen LogP contribution in [0.1, 0.15) is 6.92 Å². The van der Waals surface area contributed by atoms with Crippen LogP contribution < -0.4 is 14.4 Å². The Hall–Kier alpha value is -2.45. The van der Waals surface area contributed by atoms with Crippen molar-refractivity contribution in [3.05, 3.63) is 81.8 Å². The standard InChI is InChI=1S/C22H19Cl3N2O4S/c1-2-31-20-7-5-19(6-8-20)27(32(29,30)21-9-3-15(23)4-10-21)14-22(28)26-18-12-16(24)11-17(25)13-18/h3-13H,2,14H2,1H3,(H,26,28). The molecule has 6 nitrogen and oxygen atoms in total. The largest absolute Gasteiger partial charge is 0.494 e. The summed E-state index contributed by atoms with van der Waals surface area (Å²) in [5.41, 5.74) is 0.644. The van der Waals surface area contributed by atoms with E-state index in [1.165, 1.54) is 42.5 Å². The van der Waals surface area contributed by atoms with Crippen LogP contribution in [0.25, 0.3) is 0 Å². The Kier molecular flexibility index (Phi) is 7.90. The van der Waals surface area contributed by atoms with Gasteiger partial charge in [-0.3, -0.25) is 9.10 Å². The minimum atomic E-state index is -4.08. The van der Waals surface area contributed by atoms with E-state index in [2.05, 4.69) is 5.32 Å². The summed E-state index contributed by atoms with van der Waals surface area (Å²) >= 11 is 17.9. The van der Waals surface area contributed by atoms with Gasteiger partial charge >= 0.3 is 0 Å². The van der Waals surface area contributed by atoms with Crippen LogP contribution >= 0.6 is 34.8 Å². The minimum Gasteiger partial charge on any atom is -0.494 e. The van der Waals surface area contributed by atoms with Crippen molar-refractivity contribution >= 4 is 62.1 Å². The third-order valence-electron chi connectivity index (χ3n) is 4.27. The molecule has 1 amide bonds. The molecule has 0 aliphatic rings. The summed E-state index contributed by atoms with van der Waals surface area (Å²) in [6, 6.07) is 16.7. The number of hydrogen-bond donors (Lipinski definition) is 1. The number of nitrogens with one attached hydrogen (secondary N) is 1. The van der Waals surface area contributed by atoms with E-state index >= 15 is 0 Å². The normalized spacial score (nSPS) is 11.1. The Balaban J connectivity index is 1.94. The van der Waals surface area contributed by atoms with E-state index < -0.39 is 22.5 Å². The monoisotopic (exact) mass is 512 g/mol. The molecule has 3 rings (SSSR count). The molecule has 0 fully saturated rings. The second-order valence-electron chi connectivity index (χ2n) is 6.60. The lowest BCUT2D eigenvalue weighted by atomic mass is 10.3. The minimum absolute atomic E-state index is 0.00520. The first-order valence-electron chi connectivity index (χ1n) is 9.46. The molecule has 0 saturated heterocycles. The van der Waals surface area contributed by atoms with E-state index in [9.17, 15) is 13.2 Å². The zero-order valence-electron chi connectivity index (χ0n) is 16.9. The zero-order chi connectivity index (χ0) is 23.3. The van der Waals surface area contributed by atoms with E-state index in [0.29, 0.717) is 38.8 Å². The summed E-state index contributed by atoms with van der Waals surface area (Å²) in [4.78, 5) is 12.8. The van der Waals surface area contributed by atoms with E-state index in [1.54, 1.807) is 24.3 Å². The predicted molar refractivity (Wildman–Crippen MR) is 129 cm³/mol. The number of sulfonamides is 1. The number of rotatable bonds is 8. The second kappa shape index (κ2) is 10.4. The summed E-state index contributed by atoms with van der Waals surface area (Å²) in [6.45, 7) is 1.83. The number of halogens is 3. The maximum Gasteiger partial charge on any atom is 0.264 e. The molecule has 0 saturated carbocycles. The highest BCUT2D eigenvalue weighted by Crippen LogP contribution is 2.27. The average molecular weight is 514 g/mol. The van der Waals surface area contributed by atoms with Gasteiger partial charge in [0.25, 0.3) is 10.0 Å². The van der Waals surface area contributed by atoms with Crippen molar-refractivity contribution in [1.82, 2.24) is 0 Å². The summed E-state index contributed by atoms with van der Waals surface area (Å²) < 4.78 is 33.2. The Labute approximate surface area is 201 Å². The maximum absolute atomic E-state index is 13.4. The molecule has 0 aromatic heterocycles. The van der Waals surface area contributed by atoms with Gasteiger partial charge in [-0.25, -0.2) is 8.42 Å². The molecule has 3 aromatic carbocycles. The third-order valence-corrected chi connectivity index (χ3v) is 6.75. The number of amides is 1. The molecule has 0 heterocycles. The van der Waals surface area contributed by atoms with Crippen molar-refractivity contribution in [1.29, 1.82) is 0 Å². The quantitative estimate of drug-likeness (QED) is 0.408. The van der Waals surface area contributed by atoms with Crippen LogP contribution in [-0.2, 0) is 14.8 Å². The van der Waals surface area contributed by atoms with Crippen molar-refractivity contribution in [3.63, 3.8) is 0 Å². The zero-order valence-corrected chi connectivity index (χ0v) is 20.0. The Morgan fingerprint density at radius 2 is 1.50 bits per heavy atom. The van der Waals surface area contributed by atoms with E-state index in [0.717, 1.165) is 4.31 Å². The number of benzene rings is 3. The molecule has 0 spiro atoms. The lowest BCUT2D eigenvalue weighted by Crippen LogP contribution is -2.38. The molecule has 0 bridgehead atoms. The molecule has 168 valence electrons. The van der Waals surface area contributed by atoms with Crippen molar-refractivity contribution in [3.8, 4) is 5.75 Å². The van der Waals surface area contributed by atoms with Crippen molar-refractivity contribution in [2.24, 2.45) is 0 Å². The first-order chi connectivity index (χ1) is 15.2. The molecule has 0 radical (unpaired) electrons. The molecule has 0 aliphatic carbocycles. The second-order valence-corrected chi connectivity index (χ2v) is 9.77. The van der Waals surface area contributed by atoms with Crippen molar-refractivity contribution in [2.45, 2.75) is 11.8 Å². The molecule has 0 unspecified atom stereocenters. The van der Waals surface area contributed by atoms with Crippen LogP contribution in [0.3, 0.4) is 0 Å². The smallest absolute Gasteiger partial charge is 0.264 e. The Morgan fingerprint density at radius 3 is 2.06 bits per heavy atom. The van der Waals surface area contributed by atoms with Crippen LogP contribution in [0.2, 0.25) is 15.1 Å². The lowest BCUT2D eigenvalue weighted by Gasteiger charge is -2.24. The first-order valence-corrected chi connectivity index (χ1v) is 12.0. The fourth-order valence-electron chi connectivity index (χ4n) is 2.88. The molecule has 1 N–H and O–H groups in total. The number of ether oxygens (including phenoxy) is 1. The van der Waals surface area contributed by atoms with Crippen LogP contribution in [0, 0.1) is 0 Å². The number of carbonyl (C=O) groups excluding carboxylic acids is 1. The summed E-state index contributed by atoms with van der Waals surface area (Å²) in [6.07, 6.45) is 0. The van der Waals surface area contributed by atoms with Gasteiger partial charge in [0.15, 0.2) is 0 Å². The highest BCUT2D eigenvalue weighted by Gasteiger charge is 2.27. The lowest BCUT2D eigenvalue weighted by molar-refractivity contribution is -0.114. The van der Waals surface area contributed by atoms with Crippen molar-refractivity contribution in [2.75, 3.05) is 22.8 Å². The van der Waals surface area contributed by atoms with Gasteiger partial charge in [-0.15, -0.1) is 0 Å². The molecule has 10 heteroatoms. The summed E-state index contributed by atoms with van der Waals surface area (Å²) in [5, 5.41) is 3.70. The fourth-order valence-corrected chi connectivity index (χ4v) is 4.95. The number of hydrogen-bond acceptors (Lipinski definition) is 4. The first kappa shape index (κ1) is 24.2. The summed E-state index contributed by atoms with van der Waals surface area (Å²) in [5.74, 6) is 0.00729. The molecule has 32 heavy (non-hydrogen) atoms. The van der Waals surface area contributed by atoms with Crippen LogP contribution in [-0.4, -0.2) is 27.5 Å². The van der Waals surface area contributed by atoms with Gasteiger partial charge in [-0.2, -0.15) is 0 Å². The number of carbonyl (C=O) groups is 1. The maximum atomic E-state index is 13.4. The van der Waals surface area contributed by atoms with Gasteiger partial charge in [0.05, 0.1) is 17.2 Å². The molecule has 0 aliphatic heterocycles. The molecular weight excluding hydrogens is 495 g/mol. The molecular formula is C22H19Cl3N2O4S. The van der Waals surface area contributed by atoms with E-state index in [1.807, 2.05) is 6.92 Å². The Morgan fingerprint density at radius 1 is 0.906 bits per heavy atom. The van der Waals surface area contributed by atoms with Gasteiger partial charge in [0.1, 0.15) is 12.3 Å². The van der Waals surface area contributed by atoms with Crippen LogP contribution in [0.4, 0.5) is 11.4 Å². The highest BCUT2D eigenvalue weighted by atomic mass is 35.5. The van der Waals surface area contributed by atoms with E-state index in [4.69, 9.17) is 39.5 Å². The third kappa shape index (κ3) is 6.07. The Bertz CT molecular complexity index is 1180. The highest BCUT2D eigenvalue weighted by molar-refractivity contribution is 7.92. The van der Waals surface area contributed by atoms with Gasteiger partial charge in [-0.05, 0) is 73.7 Å². The average Bonchev–Trinajstić information content (AvgIpc) is 2.72. The molecule has 0 atom stereocenters.